The highest BCUT2D eigenvalue weighted by atomic mass is 79.9. The van der Waals surface area contributed by atoms with Gasteiger partial charge < -0.3 is 25.4 Å². The number of likely N-dealkylation sites (tertiary alicyclic amines) is 1. The van der Waals surface area contributed by atoms with Crippen LogP contribution in [0.4, 0.5) is 5.69 Å². The third-order valence-electron chi connectivity index (χ3n) is 8.32. The molecule has 0 radical (unpaired) electrons. The Bertz CT molecular complexity index is 1390. The molecule has 3 aliphatic rings. The van der Waals surface area contributed by atoms with Crippen LogP contribution >= 0.6 is 15.9 Å². The minimum atomic E-state index is -1.22. The fraction of sp³-hybridized carbons (Fsp3) is 0.323. The van der Waals surface area contributed by atoms with Gasteiger partial charge in [0.15, 0.2) is 0 Å². The first-order valence-corrected chi connectivity index (χ1v) is 14.3. The molecule has 7 atom stereocenters. The monoisotopic (exact) mass is 603 g/mol. The zero-order chi connectivity index (χ0) is 27.9. The van der Waals surface area contributed by atoms with Crippen LogP contribution in [-0.4, -0.2) is 56.9 Å². The van der Waals surface area contributed by atoms with Crippen molar-refractivity contribution >= 4 is 39.3 Å². The highest BCUT2D eigenvalue weighted by molar-refractivity contribution is 9.09. The average molecular weight is 605 g/mol. The first-order valence-electron chi connectivity index (χ1n) is 13.4. The summed E-state index contributed by atoms with van der Waals surface area (Å²) in [5.74, 6) is -2.75. The summed E-state index contributed by atoms with van der Waals surface area (Å²) >= 11 is 3.70. The molecule has 0 aromatic heterocycles. The zero-order valence-electron chi connectivity index (χ0n) is 21.7. The van der Waals surface area contributed by atoms with Crippen molar-refractivity contribution in [3.8, 4) is 0 Å². The highest BCUT2D eigenvalue weighted by Gasteiger charge is 2.77. The molecule has 6 rings (SSSR count). The number of ether oxygens (including phenoxy) is 1. The quantitative estimate of drug-likeness (QED) is 0.342. The van der Waals surface area contributed by atoms with Gasteiger partial charge in [-0.25, -0.2) is 0 Å². The number of para-hydroxylation sites is 1. The van der Waals surface area contributed by atoms with Gasteiger partial charge in [-0.3, -0.25) is 14.4 Å². The predicted molar refractivity (Wildman–Crippen MR) is 152 cm³/mol. The molecular formula is C31H30BrN3O5. The van der Waals surface area contributed by atoms with Crippen LogP contribution in [0, 0.1) is 11.8 Å². The van der Waals surface area contributed by atoms with Crippen LogP contribution in [0.3, 0.4) is 0 Å². The summed E-state index contributed by atoms with van der Waals surface area (Å²) in [5.41, 5.74) is 1.01. The summed E-state index contributed by atoms with van der Waals surface area (Å²) in [5, 5.41) is 16.5. The molecule has 0 aliphatic carbocycles. The van der Waals surface area contributed by atoms with E-state index in [-0.39, 0.29) is 35.7 Å². The van der Waals surface area contributed by atoms with Crippen LogP contribution in [0.25, 0.3) is 0 Å². The van der Waals surface area contributed by atoms with Gasteiger partial charge in [0.25, 0.3) is 0 Å². The topological polar surface area (TPSA) is 108 Å². The maximum Gasteiger partial charge on any atom is 0.246 e. The van der Waals surface area contributed by atoms with E-state index in [1.54, 1.807) is 12.1 Å². The maximum atomic E-state index is 14.4. The van der Waals surface area contributed by atoms with E-state index in [9.17, 15) is 19.5 Å². The average Bonchev–Trinajstić information content (AvgIpc) is 3.57. The molecule has 3 fully saturated rings. The van der Waals surface area contributed by atoms with E-state index < -0.39 is 35.6 Å². The number of nitrogens with one attached hydrogen (secondary N) is 2. The second kappa shape index (κ2) is 10.8. The minimum absolute atomic E-state index is 0.225. The second-order valence-corrected chi connectivity index (χ2v) is 11.8. The molecule has 3 heterocycles. The number of alkyl halides is 1. The summed E-state index contributed by atoms with van der Waals surface area (Å²) in [6.45, 7) is -0.115. The fourth-order valence-electron chi connectivity index (χ4n) is 6.66. The number of nitrogens with zero attached hydrogens (tertiary/aromatic N) is 1. The number of hydrogen-bond acceptors (Lipinski definition) is 5. The number of fused-ring (bicyclic) bond motifs is 1. The minimum Gasteiger partial charge on any atom is -0.394 e. The van der Waals surface area contributed by atoms with Gasteiger partial charge in [0.2, 0.25) is 17.7 Å². The number of rotatable bonds is 8. The van der Waals surface area contributed by atoms with Gasteiger partial charge in [-0.1, -0.05) is 94.8 Å². The van der Waals surface area contributed by atoms with Gasteiger partial charge in [-0.15, -0.1) is 0 Å². The predicted octanol–water partition coefficient (Wildman–Crippen LogP) is 3.42. The van der Waals surface area contributed by atoms with Gasteiger partial charge in [0.05, 0.1) is 30.6 Å². The second-order valence-electron chi connectivity index (χ2n) is 10.6. The van der Waals surface area contributed by atoms with Crippen molar-refractivity contribution in [3.63, 3.8) is 0 Å². The van der Waals surface area contributed by atoms with E-state index in [0.717, 1.165) is 5.56 Å². The Morgan fingerprint density at radius 1 is 0.975 bits per heavy atom. The summed E-state index contributed by atoms with van der Waals surface area (Å²) in [4.78, 5) is 43.4. The van der Waals surface area contributed by atoms with Crippen molar-refractivity contribution in [1.82, 2.24) is 10.2 Å². The number of aliphatic hydroxyl groups is 1. The number of carbonyl (C=O) groups is 3. The molecule has 0 saturated carbocycles. The molecule has 3 aliphatic heterocycles. The van der Waals surface area contributed by atoms with Crippen LogP contribution < -0.4 is 10.6 Å². The first-order chi connectivity index (χ1) is 19.4. The summed E-state index contributed by atoms with van der Waals surface area (Å²) in [6.07, 6.45) is -0.190. The molecule has 3 unspecified atom stereocenters. The number of hydrogen-bond donors (Lipinski definition) is 3. The number of anilines is 1. The lowest BCUT2D eigenvalue weighted by Crippen LogP contribution is -2.56. The molecule has 9 heteroatoms. The summed E-state index contributed by atoms with van der Waals surface area (Å²) < 4.78 is 6.57. The van der Waals surface area contributed by atoms with Gasteiger partial charge in [-0.05, 0) is 29.7 Å². The molecule has 206 valence electrons. The number of halogens is 1. The van der Waals surface area contributed by atoms with Crippen LogP contribution in [0.15, 0.2) is 91.0 Å². The molecule has 8 nitrogen and oxygen atoms in total. The van der Waals surface area contributed by atoms with Crippen LogP contribution in [0.1, 0.15) is 23.6 Å². The molecule has 3 aromatic carbocycles. The molecule has 3 N–H and O–H groups in total. The Kier molecular flexibility index (Phi) is 7.20. The highest BCUT2D eigenvalue weighted by Crippen LogP contribution is 2.61. The Morgan fingerprint density at radius 2 is 1.60 bits per heavy atom. The molecule has 2 bridgehead atoms. The molecule has 1 spiro atoms. The van der Waals surface area contributed by atoms with E-state index in [1.807, 2.05) is 78.9 Å². The van der Waals surface area contributed by atoms with Gasteiger partial charge >= 0.3 is 0 Å². The van der Waals surface area contributed by atoms with Crippen LogP contribution in [0.5, 0.6) is 0 Å². The Morgan fingerprint density at radius 3 is 2.25 bits per heavy atom. The van der Waals surface area contributed by atoms with E-state index in [2.05, 4.69) is 26.6 Å². The van der Waals surface area contributed by atoms with E-state index in [1.165, 1.54) is 4.90 Å². The van der Waals surface area contributed by atoms with Gasteiger partial charge in [0, 0.05) is 17.1 Å². The van der Waals surface area contributed by atoms with E-state index >= 15 is 0 Å². The Hall–Kier alpha value is -3.53. The van der Waals surface area contributed by atoms with Gasteiger partial charge in [-0.2, -0.15) is 0 Å². The fourth-order valence-corrected chi connectivity index (χ4v) is 7.60. The SMILES string of the molecule is O=C(NCc1ccccc1)C1N([C@H](CO)c2ccccc2)C(=O)[C@@H]2[C@@H](C(=O)Nc3ccccc3)[C@@H]3OC12CC3Br. The number of carbonyl (C=O) groups excluding carboxylic acids is 3. The number of amides is 3. The lowest BCUT2D eigenvalue weighted by molar-refractivity contribution is -0.145. The third-order valence-corrected chi connectivity index (χ3v) is 9.17. The lowest BCUT2D eigenvalue weighted by atomic mass is 9.70. The number of aliphatic hydroxyl groups excluding tert-OH is 1. The van der Waals surface area contributed by atoms with E-state index in [4.69, 9.17) is 4.74 Å². The molecular weight excluding hydrogens is 574 g/mol. The van der Waals surface area contributed by atoms with Crippen molar-refractivity contribution < 1.29 is 24.2 Å². The largest absolute Gasteiger partial charge is 0.394 e. The lowest BCUT2D eigenvalue weighted by Gasteiger charge is -2.37. The zero-order valence-corrected chi connectivity index (χ0v) is 23.2. The van der Waals surface area contributed by atoms with Gasteiger partial charge in [0.1, 0.15) is 11.6 Å². The normalized spacial score (nSPS) is 29.2. The molecule has 3 amide bonds. The standard InChI is InChI=1S/C31H30BrN3O5/c32-22-16-31-25(24(26(22)40-31)28(37)34-21-14-8-3-9-15-21)30(39)35(23(18-36)20-12-6-2-7-13-20)27(31)29(38)33-17-19-10-4-1-5-11-19/h1-15,22-27,36H,16-18H2,(H,33,38)(H,34,37)/t22?,23-,24-,25+,26-,27?,31?/m1/s1. The number of benzene rings is 3. The van der Waals surface area contributed by atoms with Crippen molar-refractivity contribution in [3.05, 3.63) is 102 Å². The summed E-state index contributed by atoms with van der Waals surface area (Å²) in [6, 6.07) is 25.9. The molecule has 3 aromatic rings. The van der Waals surface area contributed by atoms with Crippen LogP contribution in [-0.2, 0) is 25.7 Å². The van der Waals surface area contributed by atoms with E-state index in [0.29, 0.717) is 17.7 Å². The maximum absolute atomic E-state index is 14.4. The molecule has 40 heavy (non-hydrogen) atoms. The van der Waals surface area contributed by atoms with Crippen molar-refractivity contribution in [2.45, 2.75) is 41.6 Å². The summed E-state index contributed by atoms with van der Waals surface area (Å²) in [7, 11) is 0. The van der Waals surface area contributed by atoms with Crippen molar-refractivity contribution in [2.75, 3.05) is 11.9 Å². The van der Waals surface area contributed by atoms with Crippen molar-refractivity contribution in [1.29, 1.82) is 0 Å². The third kappa shape index (κ3) is 4.42. The Balaban J connectivity index is 1.39. The smallest absolute Gasteiger partial charge is 0.246 e. The first kappa shape index (κ1) is 26.7. The van der Waals surface area contributed by atoms with Crippen molar-refractivity contribution in [2.24, 2.45) is 11.8 Å². The molecule has 3 saturated heterocycles. The van der Waals surface area contributed by atoms with Crippen LogP contribution in [0.2, 0.25) is 0 Å². The Labute approximate surface area is 240 Å².